The third-order valence-corrected chi connectivity index (χ3v) is 6.69. The zero-order chi connectivity index (χ0) is 26.9. The summed E-state index contributed by atoms with van der Waals surface area (Å²) in [4.78, 5) is 24.0. The Bertz CT molecular complexity index is 1390. The lowest BCUT2D eigenvalue weighted by atomic mass is 9.89. The van der Waals surface area contributed by atoms with Crippen LogP contribution in [0.3, 0.4) is 0 Å². The quantitative estimate of drug-likeness (QED) is 0.391. The Labute approximate surface area is 214 Å². The number of phenols is 2. The van der Waals surface area contributed by atoms with E-state index in [-0.39, 0.29) is 45.5 Å². The van der Waals surface area contributed by atoms with Crippen molar-refractivity contribution in [1.82, 2.24) is 0 Å². The fourth-order valence-corrected chi connectivity index (χ4v) is 4.70. The molecule has 0 radical (unpaired) electrons. The molecule has 4 rings (SSSR count). The highest BCUT2D eigenvalue weighted by atomic mass is 16.5. The summed E-state index contributed by atoms with van der Waals surface area (Å²) in [7, 11) is 2.63. The number of hydrogen-bond acceptors (Lipinski definition) is 9. The summed E-state index contributed by atoms with van der Waals surface area (Å²) < 4.78 is 27.8. The number of methoxy groups -OCH3 is 2. The van der Waals surface area contributed by atoms with E-state index in [0.29, 0.717) is 25.1 Å². The molecule has 0 saturated heterocycles. The van der Waals surface area contributed by atoms with Gasteiger partial charge in [0.25, 0.3) is 6.47 Å². The molecule has 0 saturated carbocycles. The summed E-state index contributed by atoms with van der Waals surface area (Å²) in [6.07, 6.45) is 2.97. The molecule has 0 fully saturated rings. The van der Waals surface area contributed by atoms with Gasteiger partial charge in [-0.2, -0.15) is 0 Å². The zero-order valence-electron chi connectivity index (χ0n) is 21.7. The number of phenolic OH excluding ortho intramolecular Hbond substituents is 2. The van der Waals surface area contributed by atoms with Crippen LogP contribution in [0, 0.1) is 5.92 Å². The van der Waals surface area contributed by atoms with Gasteiger partial charge in [0.1, 0.15) is 22.3 Å². The Kier molecular flexibility index (Phi) is 7.25. The van der Waals surface area contributed by atoms with Gasteiger partial charge in [-0.05, 0) is 68.7 Å². The van der Waals surface area contributed by atoms with E-state index in [1.165, 1.54) is 20.3 Å². The van der Waals surface area contributed by atoms with Crippen LogP contribution in [0.25, 0.3) is 22.3 Å². The molecule has 198 valence electrons. The standard InChI is InChI=1S/C28H32O9/c1-15(13-35-14-29)6-7-16-10-18(11-17-8-9-28(2,3)37-24(16)17)25-27(34-5)23(32)21-20(36-25)12-19(30)26(33-4)22(21)31/h10-12,14-15,30-31H,6-9,13H2,1-5H3/t15-/m0/s1. The summed E-state index contributed by atoms with van der Waals surface area (Å²) in [5.41, 5.74) is 1.60. The van der Waals surface area contributed by atoms with Crippen molar-refractivity contribution in [2.45, 2.75) is 52.1 Å². The maximum absolute atomic E-state index is 13.4. The van der Waals surface area contributed by atoms with Crippen molar-refractivity contribution in [2.75, 3.05) is 20.8 Å². The van der Waals surface area contributed by atoms with Crippen LogP contribution in [-0.4, -0.2) is 43.1 Å². The highest BCUT2D eigenvalue weighted by molar-refractivity contribution is 5.91. The molecular weight excluding hydrogens is 480 g/mol. The predicted octanol–water partition coefficient (Wildman–Crippen LogP) is 4.73. The molecule has 37 heavy (non-hydrogen) atoms. The maximum Gasteiger partial charge on any atom is 0.293 e. The first kappa shape index (κ1) is 26.2. The average Bonchev–Trinajstić information content (AvgIpc) is 2.85. The Balaban J connectivity index is 1.88. The third kappa shape index (κ3) is 5.03. The minimum Gasteiger partial charge on any atom is -0.504 e. The van der Waals surface area contributed by atoms with Gasteiger partial charge in [0.15, 0.2) is 17.3 Å². The van der Waals surface area contributed by atoms with Crippen molar-refractivity contribution in [2.24, 2.45) is 5.92 Å². The van der Waals surface area contributed by atoms with Crippen LogP contribution in [0.4, 0.5) is 0 Å². The van der Waals surface area contributed by atoms with Gasteiger partial charge in [-0.15, -0.1) is 0 Å². The molecule has 2 aromatic carbocycles. The zero-order valence-corrected chi connectivity index (χ0v) is 21.7. The van der Waals surface area contributed by atoms with Crippen molar-refractivity contribution in [3.05, 3.63) is 39.5 Å². The second-order valence-corrected chi connectivity index (χ2v) is 10.0. The van der Waals surface area contributed by atoms with Crippen molar-refractivity contribution in [3.8, 4) is 40.1 Å². The van der Waals surface area contributed by atoms with Crippen molar-refractivity contribution in [1.29, 1.82) is 0 Å². The second kappa shape index (κ2) is 10.2. The molecule has 0 bridgehead atoms. The van der Waals surface area contributed by atoms with Gasteiger partial charge in [-0.25, -0.2) is 0 Å². The SMILES string of the molecule is COc1c(O)cc2oc(-c3cc(CC[C@H](C)COC=O)c4c(c3)CCC(C)(C)O4)c(OC)c(=O)c2c1O. The first-order valence-electron chi connectivity index (χ1n) is 12.1. The fraction of sp³-hybridized carbons (Fsp3) is 0.429. The van der Waals surface area contributed by atoms with Crippen molar-refractivity contribution in [3.63, 3.8) is 0 Å². The number of aryl methyl sites for hydroxylation is 2. The lowest BCUT2D eigenvalue weighted by molar-refractivity contribution is -0.129. The Morgan fingerprint density at radius 3 is 2.54 bits per heavy atom. The van der Waals surface area contributed by atoms with E-state index in [1.807, 2.05) is 32.9 Å². The summed E-state index contributed by atoms with van der Waals surface area (Å²) in [6, 6.07) is 5.06. The number of hydrogen-bond donors (Lipinski definition) is 2. The monoisotopic (exact) mass is 512 g/mol. The number of benzene rings is 2. The van der Waals surface area contributed by atoms with E-state index >= 15 is 0 Å². The van der Waals surface area contributed by atoms with Gasteiger partial charge in [0.2, 0.25) is 16.9 Å². The van der Waals surface area contributed by atoms with Crippen LogP contribution in [0.2, 0.25) is 0 Å². The Hall–Kier alpha value is -3.88. The fourth-order valence-electron chi connectivity index (χ4n) is 4.70. The van der Waals surface area contributed by atoms with Gasteiger partial charge in [-0.3, -0.25) is 9.59 Å². The number of rotatable bonds is 9. The molecule has 1 aromatic heterocycles. The molecule has 0 aliphatic carbocycles. The molecule has 0 spiro atoms. The number of carbonyl (C=O) groups excluding carboxylic acids is 1. The molecule has 2 heterocycles. The van der Waals surface area contributed by atoms with Gasteiger partial charge >= 0.3 is 0 Å². The summed E-state index contributed by atoms with van der Waals surface area (Å²) >= 11 is 0. The number of aromatic hydroxyl groups is 2. The molecule has 1 aliphatic rings. The molecule has 1 aliphatic heterocycles. The van der Waals surface area contributed by atoms with E-state index in [2.05, 4.69) is 0 Å². The molecule has 3 aromatic rings. The highest BCUT2D eigenvalue weighted by Crippen LogP contribution is 2.45. The van der Waals surface area contributed by atoms with E-state index in [4.69, 9.17) is 23.4 Å². The number of fused-ring (bicyclic) bond motifs is 2. The van der Waals surface area contributed by atoms with E-state index in [0.717, 1.165) is 36.1 Å². The second-order valence-electron chi connectivity index (χ2n) is 10.0. The summed E-state index contributed by atoms with van der Waals surface area (Å²) in [6.45, 7) is 6.87. The van der Waals surface area contributed by atoms with Crippen LogP contribution in [-0.2, 0) is 22.4 Å². The molecule has 9 nitrogen and oxygen atoms in total. The van der Waals surface area contributed by atoms with Crippen LogP contribution in [0.1, 0.15) is 44.7 Å². The molecule has 1 atom stereocenters. The Morgan fingerprint density at radius 2 is 1.86 bits per heavy atom. The molecule has 0 unspecified atom stereocenters. The first-order chi connectivity index (χ1) is 17.6. The minimum absolute atomic E-state index is 0.00659. The highest BCUT2D eigenvalue weighted by Gasteiger charge is 2.30. The average molecular weight is 513 g/mol. The predicted molar refractivity (Wildman–Crippen MR) is 137 cm³/mol. The first-order valence-corrected chi connectivity index (χ1v) is 12.1. The molecule has 0 amide bonds. The smallest absolute Gasteiger partial charge is 0.293 e. The minimum atomic E-state index is -0.592. The van der Waals surface area contributed by atoms with Gasteiger partial charge < -0.3 is 33.6 Å². The molecule has 2 N–H and O–H groups in total. The van der Waals surface area contributed by atoms with Crippen molar-refractivity contribution >= 4 is 17.4 Å². The van der Waals surface area contributed by atoms with E-state index in [9.17, 15) is 19.8 Å². The van der Waals surface area contributed by atoms with Crippen molar-refractivity contribution < 1.29 is 38.4 Å². The number of ether oxygens (including phenoxy) is 4. The van der Waals surface area contributed by atoms with E-state index in [1.54, 1.807) is 0 Å². The largest absolute Gasteiger partial charge is 0.504 e. The third-order valence-electron chi connectivity index (χ3n) is 6.69. The maximum atomic E-state index is 13.4. The van der Waals surface area contributed by atoms with Gasteiger partial charge in [0, 0.05) is 11.6 Å². The van der Waals surface area contributed by atoms with Crippen LogP contribution in [0.15, 0.2) is 27.4 Å². The normalized spacial score (nSPS) is 14.9. The van der Waals surface area contributed by atoms with Gasteiger partial charge in [-0.1, -0.05) is 6.92 Å². The molecular formula is C28H32O9. The lowest BCUT2D eigenvalue weighted by Crippen LogP contribution is -2.33. The number of carbonyl (C=O) groups is 1. The topological polar surface area (TPSA) is 125 Å². The van der Waals surface area contributed by atoms with Crippen LogP contribution in [0.5, 0.6) is 28.7 Å². The van der Waals surface area contributed by atoms with Crippen LogP contribution >= 0.6 is 0 Å². The van der Waals surface area contributed by atoms with Crippen LogP contribution < -0.4 is 19.6 Å². The molecule has 9 heteroatoms. The lowest BCUT2D eigenvalue weighted by Gasteiger charge is -2.34. The summed E-state index contributed by atoms with van der Waals surface area (Å²) in [5, 5.41) is 20.7. The van der Waals surface area contributed by atoms with E-state index < -0.39 is 11.2 Å². The van der Waals surface area contributed by atoms with Gasteiger partial charge in [0.05, 0.1) is 20.8 Å². The summed E-state index contributed by atoms with van der Waals surface area (Å²) in [5.74, 6) is -0.0650. The Morgan fingerprint density at radius 1 is 1.14 bits per heavy atom.